The second kappa shape index (κ2) is 11.3. The molecule has 2 atom stereocenters. The number of urea groups is 1. The van der Waals surface area contributed by atoms with Crippen molar-refractivity contribution in [2.45, 2.75) is 39.3 Å². The van der Waals surface area contributed by atoms with Crippen LogP contribution in [-0.2, 0) is 11.3 Å². The fourth-order valence-electron chi connectivity index (χ4n) is 3.61. The van der Waals surface area contributed by atoms with Gasteiger partial charge < -0.3 is 25.0 Å². The zero-order chi connectivity index (χ0) is 22.9. The van der Waals surface area contributed by atoms with Crippen LogP contribution in [0.1, 0.15) is 32.3 Å². The van der Waals surface area contributed by atoms with E-state index in [-0.39, 0.29) is 42.3 Å². The highest BCUT2D eigenvalue weighted by molar-refractivity contribution is 5.74. The maximum Gasteiger partial charge on any atom is 0.409 e. The molecule has 0 bridgehead atoms. The molecule has 0 spiro atoms. The van der Waals surface area contributed by atoms with E-state index >= 15 is 0 Å². The number of ether oxygens (including phenoxy) is 2. The predicted octanol–water partition coefficient (Wildman–Crippen LogP) is 4.07. The van der Waals surface area contributed by atoms with Gasteiger partial charge in [-0.3, -0.25) is 0 Å². The molecule has 0 aliphatic carbocycles. The Hall–Kier alpha value is -3.36. The number of amides is 3. The summed E-state index contributed by atoms with van der Waals surface area (Å²) in [4.78, 5) is 30.1. The zero-order valence-corrected chi connectivity index (χ0v) is 18.3. The fourth-order valence-corrected chi connectivity index (χ4v) is 3.61. The van der Waals surface area contributed by atoms with E-state index < -0.39 is 5.82 Å². The number of rotatable bonds is 7. The van der Waals surface area contributed by atoms with E-state index in [1.165, 1.54) is 12.1 Å². The lowest BCUT2D eigenvalue weighted by Gasteiger charge is -2.35. The summed E-state index contributed by atoms with van der Waals surface area (Å²) in [5.41, 5.74) is 0.764. The third kappa shape index (κ3) is 6.57. The molecule has 9 heteroatoms. The van der Waals surface area contributed by atoms with Crippen LogP contribution in [0.15, 0.2) is 42.6 Å². The fraction of sp³-hybridized carbons (Fsp3) is 0.435. The van der Waals surface area contributed by atoms with E-state index in [9.17, 15) is 14.0 Å². The first kappa shape index (κ1) is 23.3. The van der Waals surface area contributed by atoms with E-state index in [2.05, 4.69) is 15.6 Å². The summed E-state index contributed by atoms with van der Waals surface area (Å²) in [5, 5.41) is 5.76. The van der Waals surface area contributed by atoms with Crippen LogP contribution >= 0.6 is 0 Å². The Morgan fingerprint density at radius 1 is 1.31 bits per heavy atom. The van der Waals surface area contributed by atoms with Crippen LogP contribution in [0.5, 0.6) is 11.6 Å². The standard InChI is InChI=1S/C23H29FN4O4/c1-3-31-23(30)28-12-6-7-18(15-28)16(2)27-22(29)26-14-17-10-11-25-21(13-17)32-20-9-5-4-8-19(20)24/h4-5,8-11,13,16,18H,3,6-7,12,14-15H2,1-2H3,(H2,26,27,29). The highest BCUT2D eigenvalue weighted by atomic mass is 19.1. The molecule has 0 saturated carbocycles. The quantitative estimate of drug-likeness (QED) is 0.672. The maximum absolute atomic E-state index is 13.8. The molecule has 8 nitrogen and oxygen atoms in total. The number of halogens is 1. The van der Waals surface area contributed by atoms with Gasteiger partial charge in [-0.1, -0.05) is 12.1 Å². The number of nitrogens with zero attached hydrogens (tertiary/aromatic N) is 2. The minimum atomic E-state index is -0.476. The molecule has 2 N–H and O–H groups in total. The van der Waals surface area contributed by atoms with Crippen molar-refractivity contribution >= 4 is 12.1 Å². The summed E-state index contributed by atoms with van der Waals surface area (Å²) in [5.74, 6) is 0.00138. The second-order valence-corrected chi connectivity index (χ2v) is 7.70. The molecule has 1 fully saturated rings. The first-order valence-corrected chi connectivity index (χ1v) is 10.8. The molecule has 1 aliphatic rings. The molecule has 1 aromatic carbocycles. The van der Waals surface area contributed by atoms with Gasteiger partial charge in [0.15, 0.2) is 11.6 Å². The summed E-state index contributed by atoms with van der Waals surface area (Å²) < 4.78 is 24.3. The van der Waals surface area contributed by atoms with Gasteiger partial charge in [0, 0.05) is 37.9 Å². The number of aromatic nitrogens is 1. The number of nitrogens with one attached hydrogen (secondary N) is 2. The van der Waals surface area contributed by atoms with Crippen LogP contribution in [-0.4, -0.2) is 47.7 Å². The highest BCUT2D eigenvalue weighted by Crippen LogP contribution is 2.23. The van der Waals surface area contributed by atoms with Gasteiger partial charge in [-0.05, 0) is 56.4 Å². The number of para-hydroxylation sites is 1. The first-order valence-electron chi connectivity index (χ1n) is 10.8. The summed E-state index contributed by atoms with van der Waals surface area (Å²) in [6.07, 6.45) is 3.04. The van der Waals surface area contributed by atoms with E-state index in [1.54, 1.807) is 42.3 Å². The van der Waals surface area contributed by atoms with Crippen LogP contribution in [0.2, 0.25) is 0 Å². The average Bonchev–Trinajstić information content (AvgIpc) is 2.80. The van der Waals surface area contributed by atoms with Gasteiger partial charge in [0.1, 0.15) is 0 Å². The van der Waals surface area contributed by atoms with Crippen molar-refractivity contribution < 1.29 is 23.5 Å². The van der Waals surface area contributed by atoms with Crippen molar-refractivity contribution in [2.24, 2.45) is 5.92 Å². The minimum absolute atomic E-state index is 0.0843. The van der Waals surface area contributed by atoms with Crippen molar-refractivity contribution in [3.05, 3.63) is 54.0 Å². The van der Waals surface area contributed by atoms with Gasteiger partial charge in [-0.25, -0.2) is 19.0 Å². The lowest BCUT2D eigenvalue weighted by atomic mass is 9.92. The van der Waals surface area contributed by atoms with Gasteiger partial charge in [0.2, 0.25) is 5.88 Å². The zero-order valence-electron chi connectivity index (χ0n) is 18.3. The summed E-state index contributed by atoms with van der Waals surface area (Å²) in [7, 11) is 0. The molecule has 1 aromatic heterocycles. The molecular formula is C23H29FN4O4. The van der Waals surface area contributed by atoms with Gasteiger partial charge in [0.05, 0.1) is 6.61 Å². The summed E-state index contributed by atoms with van der Waals surface area (Å²) >= 11 is 0. The Morgan fingerprint density at radius 3 is 2.91 bits per heavy atom. The van der Waals surface area contributed by atoms with Gasteiger partial charge in [-0.15, -0.1) is 0 Å². The highest BCUT2D eigenvalue weighted by Gasteiger charge is 2.28. The Bertz CT molecular complexity index is 926. The third-order valence-electron chi connectivity index (χ3n) is 5.35. The Balaban J connectivity index is 1.48. The van der Waals surface area contributed by atoms with E-state index in [4.69, 9.17) is 9.47 Å². The molecule has 3 rings (SSSR count). The van der Waals surface area contributed by atoms with Crippen molar-refractivity contribution in [1.29, 1.82) is 0 Å². The van der Waals surface area contributed by atoms with Crippen molar-refractivity contribution in [1.82, 2.24) is 20.5 Å². The van der Waals surface area contributed by atoms with Crippen molar-refractivity contribution in [2.75, 3.05) is 19.7 Å². The van der Waals surface area contributed by atoms with E-state index in [0.717, 1.165) is 18.4 Å². The van der Waals surface area contributed by atoms with Crippen LogP contribution < -0.4 is 15.4 Å². The minimum Gasteiger partial charge on any atom is -0.450 e. The number of likely N-dealkylation sites (tertiary alicyclic amines) is 1. The normalized spacial score (nSPS) is 16.7. The lowest BCUT2D eigenvalue weighted by Crippen LogP contribution is -2.50. The number of pyridine rings is 1. The molecule has 0 radical (unpaired) electrons. The van der Waals surface area contributed by atoms with Gasteiger partial charge in [-0.2, -0.15) is 0 Å². The Kier molecular flexibility index (Phi) is 8.24. The SMILES string of the molecule is CCOC(=O)N1CCCC(C(C)NC(=O)NCc2ccnc(Oc3ccccc3F)c2)C1. The van der Waals surface area contributed by atoms with Crippen LogP contribution in [0, 0.1) is 11.7 Å². The molecule has 2 aromatic rings. The molecule has 172 valence electrons. The molecule has 1 aliphatic heterocycles. The van der Waals surface area contributed by atoms with Crippen LogP contribution in [0.4, 0.5) is 14.0 Å². The molecular weight excluding hydrogens is 415 g/mol. The molecule has 2 heterocycles. The van der Waals surface area contributed by atoms with E-state index in [0.29, 0.717) is 19.7 Å². The predicted molar refractivity (Wildman–Crippen MR) is 117 cm³/mol. The lowest BCUT2D eigenvalue weighted by molar-refractivity contribution is 0.0838. The van der Waals surface area contributed by atoms with Crippen molar-refractivity contribution in [3.63, 3.8) is 0 Å². The van der Waals surface area contributed by atoms with Crippen molar-refractivity contribution in [3.8, 4) is 11.6 Å². The number of piperidine rings is 1. The number of hydrogen-bond donors (Lipinski definition) is 2. The topological polar surface area (TPSA) is 92.8 Å². The molecule has 32 heavy (non-hydrogen) atoms. The smallest absolute Gasteiger partial charge is 0.409 e. The number of hydrogen-bond acceptors (Lipinski definition) is 5. The van der Waals surface area contributed by atoms with Crippen LogP contribution in [0.3, 0.4) is 0 Å². The largest absolute Gasteiger partial charge is 0.450 e. The van der Waals surface area contributed by atoms with Crippen LogP contribution in [0.25, 0.3) is 0 Å². The van der Waals surface area contributed by atoms with E-state index in [1.807, 2.05) is 6.92 Å². The second-order valence-electron chi connectivity index (χ2n) is 7.70. The Labute approximate surface area is 187 Å². The van der Waals surface area contributed by atoms with Gasteiger partial charge in [0.25, 0.3) is 0 Å². The number of carbonyl (C=O) groups is 2. The maximum atomic E-state index is 13.8. The average molecular weight is 445 g/mol. The first-order chi connectivity index (χ1) is 15.5. The molecule has 3 amide bonds. The Morgan fingerprint density at radius 2 is 2.12 bits per heavy atom. The molecule has 1 saturated heterocycles. The third-order valence-corrected chi connectivity index (χ3v) is 5.35. The monoisotopic (exact) mass is 444 g/mol. The van der Waals surface area contributed by atoms with Gasteiger partial charge >= 0.3 is 12.1 Å². The summed E-state index contributed by atoms with van der Waals surface area (Å²) in [6.45, 7) is 5.55. The molecule has 2 unspecified atom stereocenters. The summed E-state index contributed by atoms with van der Waals surface area (Å²) in [6, 6.07) is 9.06. The number of carbonyl (C=O) groups excluding carboxylic acids is 2. The number of benzene rings is 1.